The standard InChI is InChI=1S/C17H16N2/c1-3-7-15(8-4-1)11-12-16-13-18-19(14-16)17-9-5-2-6-10-17/h1-13,18H,14H2. The molecule has 0 spiro atoms. The molecule has 0 aromatic heterocycles. The Labute approximate surface area is 113 Å². The fourth-order valence-corrected chi connectivity index (χ4v) is 2.08. The van der Waals surface area contributed by atoms with Gasteiger partial charge in [0.1, 0.15) is 0 Å². The van der Waals surface area contributed by atoms with Gasteiger partial charge < -0.3 is 5.43 Å². The van der Waals surface area contributed by atoms with Crippen molar-refractivity contribution in [3.8, 4) is 0 Å². The van der Waals surface area contributed by atoms with Gasteiger partial charge in [-0.15, -0.1) is 0 Å². The second-order valence-corrected chi connectivity index (χ2v) is 4.51. The zero-order valence-corrected chi connectivity index (χ0v) is 10.7. The van der Waals surface area contributed by atoms with Crippen molar-refractivity contribution in [1.29, 1.82) is 0 Å². The molecule has 1 aliphatic heterocycles. The van der Waals surface area contributed by atoms with Gasteiger partial charge in [0.05, 0.1) is 12.2 Å². The predicted octanol–water partition coefficient (Wildman–Crippen LogP) is 3.61. The Morgan fingerprint density at radius 1 is 0.842 bits per heavy atom. The largest absolute Gasteiger partial charge is 0.305 e. The van der Waals surface area contributed by atoms with Crippen molar-refractivity contribution in [3.05, 3.63) is 84.1 Å². The summed E-state index contributed by atoms with van der Waals surface area (Å²) in [5.41, 5.74) is 6.96. The van der Waals surface area contributed by atoms with Gasteiger partial charge in [0, 0.05) is 6.20 Å². The van der Waals surface area contributed by atoms with Crippen molar-refractivity contribution in [2.45, 2.75) is 0 Å². The normalized spacial score (nSPS) is 14.5. The quantitative estimate of drug-likeness (QED) is 0.892. The Morgan fingerprint density at radius 3 is 2.26 bits per heavy atom. The van der Waals surface area contributed by atoms with Crippen LogP contribution in [0.25, 0.3) is 6.08 Å². The van der Waals surface area contributed by atoms with Crippen LogP contribution in [0.3, 0.4) is 0 Å². The van der Waals surface area contributed by atoms with Crippen LogP contribution < -0.4 is 10.4 Å². The summed E-state index contributed by atoms with van der Waals surface area (Å²) in [4.78, 5) is 0. The van der Waals surface area contributed by atoms with Crippen molar-refractivity contribution in [2.75, 3.05) is 11.6 Å². The highest BCUT2D eigenvalue weighted by molar-refractivity contribution is 5.56. The molecule has 2 aromatic rings. The van der Waals surface area contributed by atoms with Gasteiger partial charge in [-0.1, -0.05) is 60.7 Å². The molecule has 19 heavy (non-hydrogen) atoms. The van der Waals surface area contributed by atoms with Crippen LogP contribution in [0.2, 0.25) is 0 Å². The third-order valence-electron chi connectivity index (χ3n) is 3.10. The number of anilines is 1. The lowest BCUT2D eigenvalue weighted by Crippen LogP contribution is -2.29. The van der Waals surface area contributed by atoms with E-state index < -0.39 is 0 Å². The van der Waals surface area contributed by atoms with Gasteiger partial charge in [0.2, 0.25) is 0 Å². The monoisotopic (exact) mass is 248 g/mol. The first kappa shape index (κ1) is 11.6. The van der Waals surface area contributed by atoms with E-state index in [9.17, 15) is 0 Å². The zero-order chi connectivity index (χ0) is 12.9. The molecule has 0 saturated heterocycles. The van der Waals surface area contributed by atoms with E-state index in [1.54, 1.807) is 0 Å². The van der Waals surface area contributed by atoms with Crippen LogP contribution in [0.1, 0.15) is 5.56 Å². The van der Waals surface area contributed by atoms with Crippen LogP contribution in [-0.2, 0) is 0 Å². The maximum Gasteiger partial charge on any atom is 0.0659 e. The molecule has 0 radical (unpaired) electrons. The molecule has 94 valence electrons. The summed E-state index contributed by atoms with van der Waals surface area (Å²) >= 11 is 0. The number of nitrogens with zero attached hydrogens (tertiary/aromatic N) is 1. The summed E-state index contributed by atoms with van der Waals surface area (Å²) in [5, 5.41) is 2.13. The van der Waals surface area contributed by atoms with Crippen molar-refractivity contribution < 1.29 is 0 Å². The maximum atomic E-state index is 3.28. The van der Waals surface area contributed by atoms with Gasteiger partial charge in [-0.05, 0) is 23.3 Å². The van der Waals surface area contributed by atoms with Crippen LogP contribution in [0.5, 0.6) is 0 Å². The highest BCUT2D eigenvalue weighted by Crippen LogP contribution is 2.17. The summed E-state index contributed by atoms with van der Waals surface area (Å²) in [6.07, 6.45) is 6.35. The van der Waals surface area contributed by atoms with Crippen molar-refractivity contribution in [3.63, 3.8) is 0 Å². The lowest BCUT2D eigenvalue weighted by molar-refractivity contribution is 0.837. The Bertz CT molecular complexity index is 585. The van der Waals surface area contributed by atoms with E-state index in [1.807, 2.05) is 18.3 Å². The number of benzene rings is 2. The third-order valence-corrected chi connectivity index (χ3v) is 3.10. The minimum atomic E-state index is 0.882. The fraction of sp³-hybridized carbons (Fsp3) is 0.0588. The lowest BCUT2D eigenvalue weighted by atomic mass is 10.1. The molecule has 2 nitrogen and oxygen atoms in total. The number of para-hydroxylation sites is 1. The SMILES string of the molecule is C(=Cc1ccccc1)C1=CNN(c2ccccc2)C1. The van der Waals surface area contributed by atoms with Crippen LogP contribution in [0.15, 0.2) is 78.5 Å². The van der Waals surface area contributed by atoms with Crippen LogP contribution in [0.4, 0.5) is 5.69 Å². The van der Waals surface area contributed by atoms with Gasteiger partial charge in [-0.25, -0.2) is 0 Å². The molecule has 2 heteroatoms. The molecule has 1 heterocycles. The first-order chi connectivity index (χ1) is 9.42. The van der Waals surface area contributed by atoms with E-state index in [0.717, 1.165) is 6.54 Å². The molecule has 0 unspecified atom stereocenters. The molecule has 0 aliphatic carbocycles. The molecule has 0 atom stereocenters. The van der Waals surface area contributed by atoms with E-state index in [0.29, 0.717) is 0 Å². The first-order valence-electron chi connectivity index (χ1n) is 6.43. The maximum absolute atomic E-state index is 3.28. The van der Waals surface area contributed by atoms with E-state index in [4.69, 9.17) is 0 Å². The van der Waals surface area contributed by atoms with E-state index in [-0.39, 0.29) is 0 Å². The second-order valence-electron chi connectivity index (χ2n) is 4.51. The first-order valence-corrected chi connectivity index (χ1v) is 6.43. The van der Waals surface area contributed by atoms with Gasteiger partial charge >= 0.3 is 0 Å². The zero-order valence-electron chi connectivity index (χ0n) is 10.7. The summed E-state index contributed by atoms with van der Waals surface area (Å²) in [5.74, 6) is 0. The minimum Gasteiger partial charge on any atom is -0.305 e. The van der Waals surface area contributed by atoms with Crippen molar-refractivity contribution in [2.24, 2.45) is 0 Å². The highest BCUT2D eigenvalue weighted by Gasteiger charge is 2.11. The molecule has 1 aliphatic rings. The molecule has 0 saturated carbocycles. The summed E-state index contributed by atoms with van der Waals surface area (Å²) < 4.78 is 0. The van der Waals surface area contributed by atoms with Crippen LogP contribution >= 0.6 is 0 Å². The van der Waals surface area contributed by atoms with Gasteiger partial charge in [-0.3, -0.25) is 5.01 Å². The third kappa shape index (κ3) is 2.86. The molecule has 2 aromatic carbocycles. The van der Waals surface area contributed by atoms with E-state index >= 15 is 0 Å². The number of nitrogens with one attached hydrogen (secondary N) is 1. The smallest absolute Gasteiger partial charge is 0.0659 e. The summed E-state index contributed by atoms with van der Waals surface area (Å²) in [6.45, 7) is 0.882. The van der Waals surface area contributed by atoms with Crippen molar-refractivity contribution >= 4 is 11.8 Å². The van der Waals surface area contributed by atoms with Gasteiger partial charge in [0.25, 0.3) is 0 Å². The summed E-state index contributed by atoms with van der Waals surface area (Å²) in [7, 11) is 0. The van der Waals surface area contributed by atoms with E-state index in [1.165, 1.54) is 16.8 Å². The van der Waals surface area contributed by atoms with Gasteiger partial charge in [0.15, 0.2) is 0 Å². The van der Waals surface area contributed by atoms with Crippen molar-refractivity contribution in [1.82, 2.24) is 5.43 Å². The minimum absolute atomic E-state index is 0.882. The van der Waals surface area contributed by atoms with E-state index in [2.05, 4.69) is 71.1 Å². The topological polar surface area (TPSA) is 15.3 Å². The molecular formula is C17H16N2. The Hall–Kier alpha value is -2.48. The summed E-state index contributed by atoms with van der Waals surface area (Å²) in [6, 6.07) is 20.7. The Balaban J connectivity index is 1.65. The van der Waals surface area contributed by atoms with Crippen LogP contribution in [0, 0.1) is 0 Å². The second kappa shape index (κ2) is 5.44. The average molecular weight is 248 g/mol. The highest BCUT2D eigenvalue weighted by atomic mass is 15.5. The molecule has 1 N–H and O–H groups in total. The number of hydrogen-bond acceptors (Lipinski definition) is 2. The lowest BCUT2D eigenvalue weighted by Gasteiger charge is -2.18. The fourth-order valence-electron chi connectivity index (χ4n) is 2.08. The van der Waals surface area contributed by atoms with Gasteiger partial charge in [-0.2, -0.15) is 0 Å². The average Bonchev–Trinajstić information content (AvgIpc) is 2.96. The number of hydrazine groups is 1. The molecule has 0 fully saturated rings. The number of hydrogen-bond donors (Lipinski definition) is 1. The Kier molecular flexibility index (Phi) is 3.32. The number of rotatable bonds is 3. The molecule has 0 bridgehead atoms. The molecule has 3 rings (SSSR count). The predicted molar refractivity (Wildman–Crippen MR) is 80.5 cm³/mol. The Morgan fingerprint density at radius 2 is 1.53 bits per heavy atom. The molecular weight excluding hydrogens is 232 g/mol. The molecule has 0 amide bonds. The van der Waals surface area contributed by atoms with Crippen LogP contribution in [-0.4, -0.2) is 6.54 Å².